The summed E-state index contributed by atoms with van der Waals surface area (Å²) in [6.07, 6.45) is 1.01. The fraction of sp³-hybridized carbons (Fsp3) is 0.333. The number of nitrogens with zero attached hydrogens (tertiary/aromatic N) is 1. The first-order chi connectivity index (χ1) is 19.1. The number of halogens is 4. The summed E-state index contributed by atoms with van der Waals surface area (Å²) in [5.74, 6) is -1.01. The number of piperidine rings is 1. The highest BCUT2D eigenvalue weighted by Crippen LogP contribution is 2.44. The van der Waals surface area contributed by atoms with E-state index in [1.54, 1.807) is 24.3 Å². The predicted octanol–water partition coefficient (Wildman–Crippen LogP) is 7.52. The van der Waals surface area contributed by atoms with Gasteiger partial charge in [0.15, 0.2) is 0 Å². The molecule has 2 heterocycles. The molecule has 3 aromatic carbocycles. The lowest BCUT2D eigenvalue weighted by atomic mass is 9.81. The molecule has 210 valence electrons. The van der Waals surface area contributed by atoms with Crippen LogP contribution in [0.25, 0.3) is 0 Å². The van der Waals surface area contributed by atoms with Crippen LogP contribution in [-0.2, 0) is 21.7 Å². The van der Waals surface area contributed by atoms with Crippen molar-refractivity contribution >= 4 is 52.5 Å². The van der Waals surface area contributed by atoms with E-state index in [0.29, 0.717) is 65.2 Å². The molecule has 2 amide bonds. The van der Waals surface area contributed by atoms with Crippen LogP contribution in [0.3, 0.4) is 0 Å². The van der Waals surface area contributed by atoms with Crippen molar-refractivity contribution in [1.29, 1.82) is 0 Å². The molecular weight excluding hydrogens is 576 g/mol. The highest BCUT2D eigenvalue weighted by Gasteiger charge is 2.45. The van der Waals surface area contributed by atoms with Crippen molar-refractivity contribution in [1.82, 2.24) is 10.2 Å². The SMILES string of the molecule is CC(CC(C(=O)NCc1ccccc1Cl)c1ccc(Cl)c(Cl)c1)N1CCC2(CC1)OC(=O)Nc1ccc(F)cc12. The average molecular weight is 605 g/mol. The van der Waals surface area contributed by atoms with Crippen LogP contribution >= 0.6 is 34.8 Å². The summed E-state index contributed by atoms with van der Waals surface area (Å²) in [5, 5.41) is 7.09. The molecule has 1 fully saturated rings. The number of hydrogen-bond acceptors (Lipinski definition) is 4. The molecule has 3 aromatic rings. The molecule has 2 N–H and O–H groups in total. The van der Waals surface area contributed by atoms with Gasteiger partial charge in [-0.15, -0.1) is 0 Å². The number of anilines is 1. The van der Waals surface area contributed by atoms with E-state index in [0.717, 1.165) is 11.1 Å². The maximum Gasteiger partial charge on any atom is 0.412 e. The number of carbonyl (C=O) groups is 2. The molecule has 0 aliphatic carbocycles. The Hall–Kier alpha value is -2.84. The molecule has 0 aromatic heterocycles. The maximum atomic E-state index is 14.1. The third kappa shape index (κ3) is 6.08. The van der Waals surface area contributed by atoms with E-state index < -0.39 is 17.6 Å². The smallest absolute Gasteiger partial charge is 0.412 e. The highest BCUT2D eigenvalue weighted by atomic mass is 35.5. The molecule has 10 heteroatoms. The molecule has 0 radical (unpaired) electrons. The monoisotopic (exact) mass is 603 g/mol. The predicted molar refractivity (Wildman–Crippen MR) is 156 cm³/mol. The van der Waals surface area contributed by atoms with Gasteiger partial charge in [-0.1, -0.05) is 59.1 Å². The quantitative estimate of drug-likeness (QED) is 0.293. The number of fused-ring (bicyclic) bond motifs is 2. The van der Waals surface area contributed by atoms with Crippen LogP contribution in [-0.4, -0.2) is 36.0 Å². The zero-order chi connectivity index (χ0) is 28.4. The normalized spacial score (nSPS) is 17.9. The number of ether oxygens (including phenoxy) is 1. The summed E-state index contributed by atoms with van der Waals surface area (Å²) >= 11 is 18.8. The standard InChI is InChI=1S/C30H29Cl3FN3O3/c1-18(37-12-10-30(11-13-37)23-16-21(34)7-9-27(23)36-29(39)40-30)14-22(19-6-8-25(32)26(33)15-19)28(38)35-17-20-4-2-3-5-24(20)31/h2-9,15-16,18,22H,10-14,17H2,1H3,(H,35,38)(H,36,39). The molecule has 1 spiro atoms. The average Bonchev–Trinajstić information content (AvgIpc) is 2.93. The molecule has 2 aliphatic rings. The highest BCUT2D eigenvalue weighted by molar-refractivity contribution is 6.42. The molecule has 40 heavy (non-hydrogen) atoms. The number of hydrogen-bond donors (Lipinski definition) is 2. The Labute approximate surface area is 247 Å². The number of amides is 2. The Kier molecular flexibility index (Phi) is 8.57. The third-order valence-electron chi connectivity index (χ3n) is 7.88. The summed E-state index contributed by atoms with van der Waals surface area (Å²) in [4.78, 5) is 28.1. The van der Waals surface area contributed by atoms with Gasteiger partial charge in [-0.2, -0.15) is 0 Å². The van der Waals surface area contributed by atoms with Crippen LogP contribution < -0.4 is 10.6 Å². The van der Waals surface area contributed by atoms with Gasteiger partial charge >= 0.3 is 6.09 Å². The number of rotatable bonds is 7. The number of likely N-dealkylation sites (tertiary alicyclic amines) is 1. The number of carbonyl (C=O) groups excluding carboxylic acids is 2. The molecule has 5 rings (SSSR count). The second kappa shape index (κ2) is 12.0. The van der Waals surface area contributed by atoms with Gasteiger partial charge in [0.2, 0.25) is 5.91 Å². The van der Waals surface area contributed by atoms with E-state index in [9.17, 15) is 14.0 Å². The van der Waals surface area contributed by atoms with Crippen LogP contribution in [0.4, 0.5) is 14.9 Å². The topological polar surface area (TPSA) is 70.7 Å². The van der Waals surface area contributed by atoms with E-state index in [-0.39, 0.29) is 17.8 Å². The van der Waals surface area contributed by atoms with E-state index >= 15 is 0 Å². The Bertz CT molecular complexity index is 1430. The molecule has 6 nitrogen and oxygen atoms in total. The molecule has 0 bridgehead atoms. The van der Waals surface area contributed by atoms with Gasteiger partial charge in [0.05, 0.1) is 21.7 Å². The van der Waals surface area contributed by atoms with E-state index in [4.69, 9.17) is 39.5 Å². The first kappa shape index (κ1) is 28.7. The molecular formula is C30H29Cl3FN3O3. The Morgan fingerprint density at radius 3 is 2.52 bits per heavy atom. The van der Waals surface area contributed by atoms with Gasteiger partial charge in [0.1, 0.15) is 11.4 Å². The van der Waals surface area contributed by atoms with Crippen LogP contribution in [0.2, 0.25) is 15.1 Å². The second-order valence-corrected chi connectivity index (χ2v) is 11.6. The van der Waals surface area contributed by atoms with Gasteiger partial charge in [-0.05, 0) is 60.9 Å². The first-order valence-electron chi connectivity index (χ1n) is 13.2. The molecule has 2 aliphatic heterocycles. The van der Waals surface area contributed by atoms with Gasteiger partial charge in [0.25, 0.3) is 0 Å². The zero-order valence-corrected chi connectivity index (χ0v) is 24.1. The minimum atomic E-state index is -0.884. The van der Waals surface area contributed by atoms with Gasteiger partial charge in [-0.25, -0.2) is 9.18 Å². The minimum Gasteiger partial charge on any atom is -0.438 e. The van der Waals surface area contributed by atoms with Crippen molar-refractivity contribution in [2.24, 2.45) is 0 Å². The van der Waals surface area contributed by atoms with Crippen LogP contribution in [0, 0.1) is 5.82 Å². The van der Waals surface area contributed by atoms with Crippen LogP contribution in [0.15, 0.2) is 60.7 Å². The minimum absolute atomic E-state index is 0.00673. The van der Waals surface area contributed by atoms with Crippen molar-refractivity contribution < 1.29 is 18.7 Å². The molecule has 2 unspecified atom stereocenters. The Morgan fingerprint density at radius 1 is 1.05 bits per heavy atom. The van der Waals surface area contributed by atoms with E-state index in [1.165, 1.54) is 12.1 Å². The molecule has 2 atom stereocenters. The van der Waals surface area contributed by atoms with Crippen LogP contribution in [0.5, 0.6) is 0 Å². The summed E-state index contributed by atoms with van der Waals surface area (Å²) < 4.78 is 19.9. The largest absolute Gasteiger partial charge is 0.438 e. The number of nitrogens with one attached hydrogen (secondary N) is 2. The fourth-order valence-corrected chi connectivity index (χ4v) is 6.14. The van der Waals surface area contributed by atoms with Crippen molar-refractivity contribution in [3.05, 3.63) is 98.2 Å². The van der Waals surface area contributed by atoms with Gasteiger partial charge < -0.3 is 15.0 Å². The first-order valence-corrected chi connectivity index (χ1v) is 14.3. The number of benzene rings is 3. The van der Waals surface area contributed by atoms with E-state index in [2.05, 4.69) is 22.5 Å². The summed E-state index contributed by atoms with van der Waals surface area (Å²) in [6.45, 7) is 3.59. The molecule has 0 saturated carbocycles. The zero-order valence-electron chi connectivity index (χ0n) is 21.9. The maximum absolute atomic E-state index is 14.1. The molecule has 1 saturated heterocycles. The Morgan fingerprint density at radius 2 is 1.80 bits per heavy atom. The third-order valence-corrected chi connectivity index (χ3v) is 8.98. The lowest BCUT2D eigenvalue weighted by Crippen LogP contribution is -2.50. The van der Waals surface area contributed by atoms with Gasteiger partial charge in [0, 0.05) is 49.1 Å². The second-order valence-electron chi connectivity index (χ2n) is 10.4. The van der Waals surface area contributed by atoms with Crippen molar-refractivity contribution in [3.8, 4) is 0 Å². The summed E-state index contributed by atoms with van der Waals surface area (Å²) in [7, 11) is 0. The lowest BCUT2D eigenvalue weighted by molar-refractivity contribution is -0.123. The van der Waals surface area contributed by atoms with Crippen molar-refractivity contribution in [3.63, 3.8) is 0 Å². The van der Waals surface area contributed by atoms with Crippen molar-refractivity contribution in [2.75, 3.05) is 18.4 Å². The summed E-state index contributed by atoms with van der Waals surface area (Å²) in [6, 6.07) is 17.0. The summed E-state index contributed by atoms with van der Waals surface area (Å²) in [5.41, 5.74) is 1.95. The Balaban J connectivity index is 1.31. The van der Waals surface area contributed by atoms with Gasteiger partial charge in [-0.3, -0.25) is 10.1 Å². The fourth-order valence-electron chi connectivity index (χ4n) is 5.63. The van der Waals surface area contributed by atoms with Crippen LogP contribution in [0.1, 0.15) is 48.8 Å². The van der Waals surface area contributed by atoms with E-state index in [1.807, 2.05) is 24.3 Å². The van der Waals surface area contributed by atoms with Crippen molar-refractivity contribution in [2.45, 2.75) is 50.3 Å². The lowest BCUT2D eigenvalue weighted by Gasteiger charge is -2.46.